The second-order valence-corrected chi connectivity index (χ2v) is 4.47. The van der Waals surface area contributed by atoms with E-state index < -0.39 is 12.7 Å². The largest absolute Gasteiger partial charge is 0.493 e. The van der Waals surface area contributed by atoms with Gasteiger partial charge in [0.2, 0.25) is 5.91 Å². The number of halogens is 2. The lowest BCUT2D eigenvalue weighted by molar-refractivity contribution is -0.123. The van der Waals surface area contributed by atoms with Gasteiger partial charge in [-0.15, -0.1) is 0 Å². The second-order valence-electron chi connectivity index (χ2n) is 4.47. The van der Waals surface area contributed by atoms with Crippen LogP contribution in [0.25, 0.3) is 0 Å². The van der Waals surface area contributed by atoms with Gasteiger partial charge in [0.1, 0.15) is 6.04 Å². The highest BCUT2D eigenvalue weighted by molar-refractivity contribution is 5.81. The number of carbonyl (C=O) groups excluding carboxylic acids is 1. The number of methoxy groups -OCH3 is 2. The highest BCUT2D eigenvalue weighted by atomic mass is 19.3. The molecule has 0 spiro atoms. The molecule has 1 rings (SSSR count). The average molecular weight is 318 g/mol. The monoisotopic (exact) mass is 318 g/mol. The van der Waals surface area contributed by atoms with Gasteiger partial charge in [-0.3, -0.25) is 4.79 Å². The van der Waals surface area contributed by atoms with Crippen LogP contribution < -0.4 is 20.5 Å². The van der Waals surface area contributed by atoms with Crippen molar-refractivity contribution in [2.24, 2.45) is 5.73 Å². The molecule has 1 atom stereocenters. The Bertz CT molecular complexity index is 486. The van der Waals surface area contributed by atoms with Gasteiger partial charge in [-0.05, 0) is 24.1 Å². The van der Waals surface area contributed by atoms with Crippen molar-refractivity contribution in [1.29, 1.82) is 0 Å². The Morgan fingerprint density at radius 1 is 1.32 bits per heavy atom. The Labute approximate surface area is 127 Å². The molecule has 0 aliphatic heterocycles. The van der Waals surface area contributed by atoms with Gasteiger partial charge >= 0.3 is 6.61 Å². The van der Waals surface area contributed by atoms with E-state index in [1.165, 1.54) is 26.4 Å². The Hall–Kier alpha value is -1.93. The fourth-order valence-corrected chi connectivity index (χ4v) is 1.78. The van der Waals surface area contributed by atoms with Crippen molar-refractivity contribution in [2.75, 3.05) is 27.4 Å². The summed E-state index contributed by atoms with van der Waals surface area (Å²) in [5.74, 6) is -0.160. The molecule has 3 N–H and O–H groups in total. The normalized spacial score (nSPS) is 12.1. The molecule has 0 aromatic heterocycles. The average Bonchev–Trinajstić information content (AvgIpc) is 2.47. The molecule has 22 heavy (non-hydrogen) atoms. The van der Waals surface area contributed by atoms with E-state index in [-0.39, 0.29) is 24.0 Å². The number of hydrogen-bond acceptors (Lipinski definition) is 5. The number of alkyl halides is 2. The Morgan fingerprint density at radius 3 is 2.64 bits per heavy atom. The van der Waals surface area contributed by atoms with Crippen molar-refractivity contribution in [1.82, 2.24) is 5.32 Å². The Morgan fingerprint density at radius 2 is 2.05 bits per heavy atom. The van der Waals surface area contributed by atoms with E-state index in [0.29, 0.717) is 13.0 Å². The predicted molar refractivity (Wildman–Crippen MR) is 76.2 cm³/mol. The van der Waals surface area contributed by atoms with Crippen molar-refractivity contribution in [2.45, 2.75) is 19.1 Å². The summed E-state index contributed by atoms with van der Waals surface area (Å²) >= 11 is 0. The third kappa shape index (κ3) is 5.82. The third-order valence-electron chi connectivity index (χ3n) is 2.84. The molecule has 8 heteroatoms. The van der Waals surface area contributed by atoms with Crippen molar-refractivity contribution in [3.05, 3.63) is 23.8 Å². The summed E-state index contributed by atoms with van der Waals surface area (Å²) in [5.41, 5.74) is 6.29. The van der Waals surface area contributed by atoms with Crippen LogP contribution in [-0.2, 0) is 16.0 Å². The van der Waals surface area contributed by atoms with Gasteiger partial charge in [-0.1, -0.05) is 6.07 Å². The fraction of sp³-hybridized carbons (Fsp3) is 0.500. The van der Waals surface area contributed by atoms with E-state index in [1.54, 1.807) is 6.07 Å². The van der Waals surface area contributed by atoms with Crippen LogP contribution in [0.1, 0.15) is 5.56 Å². The van der Waals surface area contributed by atoms with Gasteiger partial charge in [0.25, 0.3) is 0 Å². The molecule has 0 radical (unpaired) electrons. The maximum Gasteiger partial charge on any atom is 0.387 e. The summed E-state index contributed by atoms with van der Waals surface area (Å²) in [5, 5.41) is 2.64. The van der Waals surface area contributed by atoms with Gasteiger partial charge in [-0.2, -0.15) is 8.78 Å². The zero-order valence-electron chi connectivity index (χ0n) is 12.5. The van der Waals surface area contributed by atoms with Crippen LogP contribution >= 0.6 is 0 Å². The summed E-state index contributed by atoms with van der Waals surface area (Å²) < 4.78 is 38.8. The standard InChI is InChI=1S/C14H20F2N2O4/c1-20-8-10(17)13(19)18-6-5-9-3-4-11(21-2)12(7-9)22-14(15)16/h3-4,7,10,14H,5-6,8,17H2,1-2H3,(H,18,19). The van der Waals surface area contributed by atoms with Crippen LogP contribution in [0, 0.1) is 0 Å². The van der Waals surface area contributed by atoms with Gasteiger partial charge in [0.15, 0.2) is 11.5 Å². The minimum absolute atomic E-state index is 0.0441. The number of nitrogens with two attached hydrogens (primary N) is 1. The van der Waals surface area contributed by atoms with E-state index in [2.05, 4.69) is 10.1 Å². The number of ether oxygens (including phenoxy) is 3. The van der Waals surface area contributed by atoms with E-state index >= 15 is 0 Å². The molecule has 0 fully saturated rings. The minimum Gasteiger partial charge on any atom is -0.493 e. The van der Waals surface area contributed by atoms with Crippen LogP contribution in [-0.4, -0.2) is 45.9 Å². The van der Waals surface area contributed by atoms with E-state index in [0.717, 1.165) is 5.56 Å². The maximum atomic E-state index is 12.3. The first-order valence-corrected chi connectivity index (χ1v) is 6.62. The highest BCUT2D eigenvalue weighted by Gasteiger charge is 2.13. The zero-order chi connectivity index (χ0) is 16.5. The first kappa shape index (κ1) is 18.1. The molecule has 1 amide bonds. The van der Waals surface area contributed by atoms with Crippen molar-refractivity contribution < 1.29 is 27.8 Å². The van der Waals surface area contributed by atoms with Crippen molar-refractivity contribution >= 4 is 5.91 Å². The number of nitrogens with one attached hydrogen (secondary N) is 1. The predicted octanol–water partition coefficient (Wildman–Crippen LogP) is 0.929. The summed E-state index contributed by atoms with van der Waals surface area (Å²) in [4.78, 5) is 11.6. The number of benzene rings is 1. The maximum absolute atomic E-state index is 12.3. The van der Waals surface area contributed by atoms with Crippen LogP contribution in [0.5, 0.6) is 11.5 Å². The molecule has 0 heterocycles. The van der Waals surface area contributed by atoms with Gasteiger partial charge in [0.05, 0.1) is 13.7 Å². The topological polar surface area (TPSA) is 82.8 Å². The third-order valence-corrected chi connectivity index (χ3v) is 2.84. The Kier molecular flexibility index (Phi) is 7.55. The number of carbonyl (C=O) groups is 1. The number of amides is 1. The fourth-order valence-electron chi connectivity index (χ4n) is 1.78. The molecule has 0 saturated carbocycles. The smallest absolute Gasteiger partial charge is 0.387 e. The zero-order valence-corrected chi connectivity index (χ0v) is 12.5. The molecule has 1 aromatic carbocycles. The molecule has 124 valence electrons. The molecule has 6 nitrogen and oxygen atoms in total. The van der Waals surface area contributed by atoms with Crippen LogP contribution in [0.2, 0.25) is 0 Å². The van der Waals surface area contributed by atoms with Gasteiger partial charge in [0, 0.05) is 13.7 Å². The lowest BCUT2D eigenvalue weighted by Gasteiger charge is -2.13. The quantitative estimate of drug-likeness (QED) is 0.708. The number of hydrogen-bond donors (Lipinski definition) is 2. The molecule has 0 aliphatic rings. The second kappa shape index (κ2) is 9.16. The Balaban J connectivity index is 2.57. The molecular weight excluding hydrogens is 298 g/mol. The molecule has 0 saturated heterocycles. The SMILES string of the molecule is COCC(N)C(=O)NCCc1ccc(OC)c(OC(F)F)c1. The van der Waals surface area contributed by atoms with Gasteiger partial charge in [-0.25, -0.2) is 0 Å². The van der Waals surface area contributed by atoms with E-state index in [4.69, 9.17) is 15.2 Å². The van der Waals surface area contributed by atoms with E-state index in [1.807, 2.05) is 0 Å². The van der Waals surface area contributed by atoms with Crippen LogP contribution in [0.4, 0.5) is 8.78 Å². The molecule has 1 unspecified atom stereocenters. The van der Waals surface area contributed by atoms with Crippen LogP contribution in [0.3, 0.4) is 0 Å². The van der Waals surface area contributed by atoms with E-state index in [9.17, 15) is 13.6 Å². The molecule has 0 bridgehead atoms. The highest BCUT2D eigenvalue weighted by Crippen LogP contribution is 2.29. The molecular formula is C14H20F2N2O4. The van der Waals surface area contributed by atoms with Crippen LogP contribution in [0.15, 0.2) is 18.2 Å². The van der Waals surface area contributed by atoms with Crippen molar-refractivity contribution in [3.8, 4) is 11.5 Å². The summed E-state index contributed by atoms with van der Waals surface area (Å²) in [6.45, 7) is -2.49. The summed E-state index contributed by atoms with van der Waals surface area (Å²) in [6, 6.07) is 3.95. The lowest BCUT2D eigenvalue weighted by Crippen LogP contribution is -2.44. The minimum atomic E-state index is -2.93. The molecule has 1 aromatic rings. The van der Waals surface area contributed by atoms with Crippen molar-refractivity contribution in [3.63, 3.8) is 0 Å². The summed E-state index contributed by atoms with van der Waals surface area (Å²) in [6.07, 6.45) is 0.440. The first-order valence-electron chi connectivity index (χ1n) is 6.62. The lowest BCUT2D eigenvalue weighted by atomic mass is 10.1. The molecule has 0 aliphatic carbocycles. The number of rotatable bonds is 9. The van der Waals surface area contributed by atoms with Gasteiger partial charge < -0.3 is 25.3 Å². The first-order chi connectivity index (χ1) is 10.5. The summed E-state index contributed by atoms with van der Waals surface area (Å²) in [7, 11) is 2.82.